The molecule has 0 saturated heterocycles. The molecule has 3 aliphatic carbocycles. The predicted molar refractivity (Wildman–Crippen MR) is 133 cm³/mol. The van der Waals surface area contributed by atoms with E-state index >= 15 is 0 Å². The smallest absolute Gasteiger partial charge is 0.235 e. The molecular weight excluding hydrogens is 511 g/mol. The average molecular weight is 537 g/mol. The Bertz CT molecular complexity index is 1480. The third-order valence-corrected chi connectivity index (χ3v) is 8.06. The first-order chi connectivity index (χ1) is 18.3. The third-order valence-electron chi connectivity index (χ3n) is 8.06. The number of benzene rings is 2. The first kappa shape index (κ1) is 26.5. The van der Waals surface area contributed by atoms with Crippen molar-refractivity contribution >= 4 is 40.7 Å². The number of hydrogen-bond acceptors (Lipinski definition) is 9. The topological polar surface area (TPSA) is 175 Å². The minimum Gasteiger partial charge on any atom is -0.507 e. The summed E-state index contributed by atoms with van der Waals surface area (Å²) in [5, 5.41) is 34.1. The highest BCUT2D eigenvalue weighted by Crippen LogP contribution is 2.54. The van der Waals surface area contributed by atoms with Crippen molar-refractivity contribution < 1.29 is 43.7 Å². The highest BCUT2D eigenvalue weighted by atomic mass is 19.1. The van der Waals surface area contributed by atoms with Crippen molar-refractivity contribution in [2.24, 2.45) is 29.4 Å². The molecule has 2 fully saturated rings. The largest absolute Gasteiger partial charge is 0.507 e. The van der Waals surface area contributed by atoms with Gasteiger partial charge >= 0.3 is 0 Å². The van der Waals surface area contributed by atoms with Gasteiger partial charge in [-0.2, -0.15) is 0 Å². The average Bonchev–Trinajstić information content (AvgIpc) is 2.86. The van der Waals surface area contributed by atoms with E-state index in [1.807, 2.05) is 0 Å². The fourth-order valence-electron chi connectivity index (χ4n) is 6.41. The van der Waals surface area contributed by atoms with E-state index in [0.717, 1.165) is 0 Å². The molecule has 5 rings (SSSR count). The Morgan fingerprint density at radius 3 is 2.28 bits per heavy atom. The van der Waals surface area contributed by atoms with Crippen LogP contribution in [0.25, 0.3) is 11.6 Å². The Morgan fingerprint density at radius 2 is 1.69 bits per heavy atom. The van der Waals surface area contributed by atoms with Crippen molar-refractivity contribution in [2.75, 3.05) is 14.1 Å². The fourth-order valence-corrected chi connectivity index (χ4v) is 6.41. The van der Waals surface area contributed by atoms with Crippen LogP contribution in [0, 0.1) is 29.5 Å². The maximum Gasteiger partial charge on any atom is 0.235 e. The van der Waals surface area contributed by atoms with Gasteiger partial charge in [0.15, 0.2) is 34.7 Å². The minimum absolute atomic E-state index is 0.188. The number of aliphatic hydroxyl groups is 2. The lowest BCUT2D eigenvalue weighted by molar-refractivity contribution is -0.192. The highest BCUT2D eigenvalue weighted by Gasteiger charge is 2.72. The van der Waals surface area contributed by atoms with Crippen LogP contribution < -0.4 is 5.73 Å². The van der Waals surface area contributed by atoms with Gasteiger partial charge in [-0.25, -0.2) is 4.39 Å². The molecule has 2 aromatic rings. The van der Waals surface area contributed by atoms with Gasteiger partial charge in [0.25, 0.3) is 0 Å². The molecule has 0 bridgehead atoms. The number of nitrogens with zero attached hydrogens (tertiary/aromatic N) is 1. The number of rotatable bonds is 3. The Hall–Kier alpha value is -4.06. The van der Waals surface area contributed by atoms with E-state index in [-0.39, 0.29) is 16.7 Å². The molecule has 202 valence electrons. The van der Waals surface area contributed by atoms with Gasteiger partial charge < -0.3 is 21.1 Å². The van der Waals surface area contributed by atoms with Crippen LogP contribution in [-0.2, 0) is 19.2 Å². The van der Waals surface area contributed by atoms with Gasteiger partial charge in [0.2, 0.25) is 5.91 Å². The van der Waals surface area contributed by atoms with Crippen molar-refractivity contribution in [2.45, 2.75) is 17.7 Å². The number of carbonyl (C=O) groups is 5. The second-order valence-corrected chi connectivity index (χ2v) is 10.4. The van der Waals surface area contributed by atoms with Gasteiger partial charge in [0.1, 0.15) is 11.6 Å². The molecule has 0 heterocycles. The van der Waals surface area contributed by atoms with Crippen molar-refractivity contribution in [1.82, 2.24) is 4.90 Å². The molecular formula is C28H25FN2O8. The summed E-state index contributed by atoms with van der Waals surface area (Å²) in [6.07, 6.45) is -0.315. The van der Waals surface area contributed by atoms with Crippen LogP contribution in [0.2, 0.25) is 0 Å². The minimum atomic E-state index is -3.10. The van der Waals surface area contributed by atoms with Crippen LogP contribution in [0.15, 0.2) is 42.5 Å². The van der Waals surface area contributed by atoms with Gasteiger partial charge in [0, 0.05) is 5.92 Å². The Morgan fingerprint density at radius 1 is 1.05 bits per heavy atom. The number of Topliss-reactive ketones (excluding diaryl/α,β-unsaturated/α-hetero) is 4. The maximum atomic E-state index is 14.0. The SMILES string of the molecule is CN(C)[C@@H]1C(=O)C(C(N)=O)C(=O)[C@@]2(O)C(=O)C3C(=O)c4c(O)cccc4C(=Cc4ccc(F)cc4)[C@H]3[C@H](O)[C@@H]12. The van der Waals surface area contributed by atoms with Crippen LogP contribution in [0.4, 0.5) is 4.39 Å². The highest BCUT2D eigenvalue weighted by molar-refractivity contribution is 6.33. The van der Waals surface area contributed by atoms with Crippen LogP contribution in [0.3, 0.4) is 0 Å². The van der Waals surface area contributed by atoms with Crippen molar-refractivity contribution in [3.05, 3.63) is 65.0 Å². The van der Waals surface area contributed by atoms with E-state index in [2.05, 4.69) is 0 Å². The van der Waals surface area contributed by atoms with Gasteiger partial charge in [0.05, 0.1) is 29.5 Å². The first-order valence-electron chi connectivity index (χ1n) is 12.1. The summed E-state index contributed by atoms with van der Waals surface area (Å²) >= 11 is 0. The molecule has 11 heteroatoms. The van der Waals surface area contributed by atoms with Crippen LogP contribution in [-0.4, -0.2) is 81.1 Å². The van der Waals surface area contributed by atoms with Crippen LogP contribution >= 0.6 is 0 Å². The summed E-state index contributed by atoms with van der Waals surface area (Å²) < 4.78 is 13.6. The number of amides is 1. The van der Waals surface area contributed by atoms with Gasteiger partial charge in [-0.05, 0) is 49.0 Å². The number of nitrogens with two attached hydrogens (primary N) is 1. The zero-order valence-electron chi connectivity index (χ0n) is 20.9. The number of primary amides is 1. The number of fused-ring (bicyclic) bond motifs is 3. The molecule has 3 aliphatic rings. The lowest BCUT2D eigenvalue weighted by Gasteiger charge is -2.55. The molecule has 1 amide bonds. The van der Waals surface area contributed by atoms with E-state index in [9.17, 15) is 43.7 Å². The summed E-state index contributed by atoms with van der Waals surface area (Å²) in [4.78, 5) is 67.9. The van der Waals surface area contributed by atoms with Crippen molar-refractivity contribution in [3.8, 4) is 5.75 Å². The molecule has 39 heavy (non-hydrogen) atoms. The lowest BCUT2D eigenvalue weighted by atomic mass is 9.50. The maximum absolute atomic E-state index is 14.0. The van der Waals surface area contributed by atoms with Crippen molar-refractivity contribution in [1.29, 1.82) is 0 Å². The predicted octanol–water partition coefficient (Wildman–Crippen LogP) is -0.0250. The molecule has 0 spiro atoms. The van der Waals surface area contributed by atoms with E-state index in [1.54, 1.807) is 0 Å². The van der Waals surface area contributed by atoms with Gasteiger partial charge in [-0.3, -0.25) is 28.9 Å². The standard InChI is InChI=1S/C28H25FN2O8/c1-31(2)21-20-23(34)17-14(10-11-6-8-12(29)9-7-11)13-4-3-5-15(32)16(13)22(33)18(17)25(36)28(20,39)26(37)19(24(21)35)27(30)38/h3-10,17-21,23,32,34,39H,1-2H3,(H2,30,38)/t17-,18?,19?,20-,21+,23+,28+/m1/s1. The molecule has 10 nitrogen and oxygen atoms in total. The van der Waals surface area contributed by atoms with E-state index in [4.69, 9.17) is 5.73 Å². The molecule has 2 saturated carbocycles. The zero-order chi connectivity index (χ0) is 28.5. The number of ketones is 4. The zero-order valence-corrected chi connectivity index (χ0v) is 20.9. The molecule has 5 N–H and O–H groups in total. The third kappa shape index (κ3) is 3.61. The Labute approximate surface area is 221 Å². The fraction of sp³-hybridized carbons (Fsp3) is 0.321. The molecule has 2 aromatic carbocycles. The van der Waals surface area contributed by atoms with E-state index in [0.29, 0.717) is 5.56 Å². The number of carbonyl (C=O) groups excluding carboxylic acids is 5. The van der Waals surface area contributed by atoms with Gasteiger partial charge in [-0.15, -0.1) is 0 Å². The second kappa shape index (κ2) is 9.01. The van der Waals surface area contributed by atoms with Crippen molar-refractivity contribution in [3.63, 3.8) is 0 Å². The number of aromatic hydroxyl groups is 1. The van der Waals surface area contributed by atoms with E-state index < -0.39 is 82.0 Å². The number of aliphatic hydroxyl groups excluding tert-OH is 1. The number of halogens is 1. The molecule has 0 radical (unpaired) electrons. The summed E-state index contributed by atoms with van der Waals surface area (Å²) in [6, 6.07) is 7.93. The lowest BCUT2D eigenvalue weighted by Crippen LogP contribution is -2.77. The summed E-state index contributed by atoms with van der Waals surface area (Å²) in [6.45, 7) is 0. The Balaban J connectivity index is 1.79. The summed E-state index contributed by atoms with van der Waals surface area (Å²) in [5.74, 6) is -14.2. The number of likely N-dealkylation sites (N-methyl/N-ethyl adjacent to an activating group) is 1. The number of hydrogen-bond donors (Lipinski definition) is 4. The summed E-state index contributed by atoms with van der Waals surface area (Å²) in [5.41, 5.74) is 2.78. The molecule has 7 atom stereocenters. The Kier molecular flexibility index (Phi) is 6.13. The number of phenolic OH excluding ortho intramolecular Hbond substituents is 1. The quantitative estimate of drug-likeness (QED) is 0.393. The monoisotopic (exact) mass is 536 g/mol. The van der Waals surface area contributed by atoms with Crippen LogP contribution in [0.5, 0.6) is 5.75 Å². The summed E-state index contributed by atoms with van der Waals surface area (Å²) in [7, 11) is 2.82. The normalized spacial score (nSPS) is 33.1. The van der Waals surface area contributed by atoms with E-state index in [1.165, 1.54) is 67.5 Å². The van der Waals surface area contributed by atoms with Gasteiger partial charge in [-0.1, -0.05) is 30.3 Å². The van der Waals surface area contributed by atoms with Crippen LogP contribution in [0.1, 0.15) is 21.5 Å². The number of phenols is 1. The molecule has 0 aromatic heterocycles. The molecule has 0 aliphatic heterocycles. The second-order valence-electron chi connectivity index (χ2n) is 10.4. The first-order valence-corrected chi connectivity index (χ1v) is 12.1. The molecule has 2 unspecified atom stereocenters.